The third kappa shape index (κ3) is 2.83. The molecule has 0 bridgehead atoms. The standard InChI is InChI=1S/C13H15NO4S/c1-18-13-6-5-11(4-2-8-15)10-12(13)14-7-3-9-19(14,16)17/h5-6,10,15H,3,7-9H2,1H3. The Labute approximate surface area is 112 Å². The Morgan fingerprint density at radius 1 is 1.47 bits per heavy atom. The zero-order chi connectivity index (χ0) is 13.9. The second-order valence-electron chi connectivity index (χ2n) is 4.09. The summed E-state index contributed by atoms with van der Waals surface area (Å²) >= 11 is 0. The van der Waals surface area contributed by atoms with E-state index in [1.165, 1.54) is 11.4 Å². The topological polar surface area (TPSA) is 66.8 Å². The predicted octanol–water partition coefficient (Wildman–Crippen LogP) is 0.579. The van der Waals surface area contributed by atoms with Gasteiger partial charge in [-0.3, -0.25) is 4.31 Å². The molecule has 102 valence electrons. The first-order valence-corrected chi connectivity index (χ1v) is 7.47. The van der Waals surface area contributed by atoms with Crippen molar-refractivity contribution in [2.24, 2.45) is 0 Å². The highest BCUT2D eigenvalue weighted by atomic mass is 32.2. The van der Waals surface area contributed by atoms with Crippen LogP contribution in [-0.4, -0.2) is 39.5 Å². The van der Waals surface area contributed by atoms with Gasteiger partial charge in [0.25, 0.3) is 0 Å². The summed E-state index contributed by atoms with van der Waals surface area (Å²) in [5.41, 5.74) is 1.15. The van der Waals surface area contributed by atoms with E-state index >= 15 is 0 Å². The molecule has 0 aliphatic carbocycles. The van der Waals surface area contributed by atoms with Crippen LogP contribution in [0.25, 0.3) is 0 Å². The molecule has 1 fully saturated rings. The summed E-state index contributed by atoms with van der Waals surface area (Å²) in [4.78, 5) is 0. The molecule has 0 amide bonds. The van der Waals surface area contributed by atoms with Gasteiger partial charge in [0.1, 0.15) is 12.4 Å². The van der Waals surface area contributed by atoms with E-state index in [-0.39, 0.29) is 12.4 Å². The van der Waals surface area contributed by atoms with Crippen molar-refractivity contribution < 1.29 is 18.3 Å². The fourth-order valence-corrected chi connectivity index (χ4v) is 3.58. The summed E-state index contributed by atoms with van der Waals surface area (Å²) in [6.45, 7) is 0.221. The maximum Gasteiger partial charge on any atom is 0.235 e. The molecule has 1 aliphatic rings. The van der Waals surface area contributed by atoms with Crippen LogP contribution in [0.4, 0.5) is 5.69 Å². The fourth-order valence-electron chi connectivity index (χ4n) is 2.01. The second kappa shape index (κ2) is 5.51. The van der Waals surface area contributed by atoms with Crippen molar-refractivity contribution in [3.63, 3.8) is 0 Å². The number of anilines is 1. The van der Waals surface area contributed by atoms with Crippen molar-refractivity contribution in [1.82, 2.24) is 0 Å². The number of ether oxygens (including phenoxy) is 1. The van der Waals surface area contributed by atoms with Gasteiger partial charge in [0.05, 0.1) is 18.6 Å². The molecule has 0 saturated carbocycles. The number of aliphatic hydroxyl groups is 1. The minimum absolute atomic E-state index is 0.155. The lowest BCUT2D eigenvalue weighted by Gasteiger charge is -2.19. The summed E-state index contributed by atoms with van der Waals surface area (Å²) in [5, 5.41) is 8.69. The first kappa shape index (κ1) is 13.7. The molecule has 1 aliphatic heterocycles. The van der Waals surface area contributed by atoms with Crippen molar-refractivity contribution in [2.75, 3.05) is 30.3 Å². The third-order valence-electron chi connectivity index (χ3n) is 2.86. The molecule has 6 heteroatoms. The molecule has 0 atom stereocenters. The van der Waals surface area contributed by atoms with Crippen LogP contribution >= 0.6 is 0 Å². The van der Waals surface area contributed by atoms with Crippen LogP contribution in [0.5, 0.6) is 5.75 Å². The van der Waals surface area contributed by atoms with Crippen molar-refractivity contribution in [3.8, 4) is 17.6 Å². The number of hydrogen-bond acceptors (Lipinski definition) is 4. The molecule has 1 saturated heterocycles. The van der Waals surface area contributed by atoms with Crippen LogP contribution in [0, 0.1) is 11.8 Å². The largest absolute Gasteiger partial charge is 0.495 e. The van der Waals surface area contributed by atoms with Gasteiger partial charge in [-0.15, -0.1) is 0 Å². The number of nitrogens with zero attached hydrogens (tertiary/aromatic N) is 1. The van der Waals surface area contributed by atoms with E-state index in [1.54, 1.807) is 18.2 Å². The fraction of sp³-hybridized carbons (Fsp3) is 0.385. The van der Waals surface area contributed by atoms with E-state index in [1.807, 2.05) is 0 Å². The maximum absolute atomic E-state index is 12.0. The van der Waals surface area contributed by atoms with Gasteiger partial charge in [-0.2, -0.15) is 0 Å². The van der Waals surface area contributed by atoms with Crippen LogP contribution < -0.4 is 9.04 Å². The summed E-state index contributed by atoms with van der Waals surface area (Å²) in [7, 11) is -1.75. The van der Waals surface area contributed by atoms with E-state index in [4.69, 9.17) is 9.84 Å². The molecular formula is C13H15NO4S. The zero-order valence-electron chi connectivity index (χ0n) is 10.6. The van der Waals surface area contributed by atoms with E-state index in [0.717, 1.165) is 0 Å². The van der Waals surface area contributed by atoms with Crippen LogP contribution in [0.2, 0.25) is 0 Å². The lowest BCUT2D eigenvalue weighted by molar-refractivity contribution is 0.350. The molecule has 1 aromatic carbocycles. The van der Waals surface area contributed by atoms with Gasteiger partial charge in [0.2, 0.25) is 10.0 Å². The van der Waals surface area contributed by atoms with E-state index in [0.29, 0.717) is 30.0 Å². The van der Waals surface area contributed by atoms with Gasteiger partial charge in [-0.05, 0) is 24.6 Å². The molecule has 0 unspecified atom stereocenters. The SMILES string of the molecule is COc1ccc(C#CCO)cc1N1CCCS1(=O)=O. The number of hydrogen-bond donors (Lipinski definition) is 1. The Bertz CT molecular complexity index is 628. The minimum Gasteiger partial charge on any atom is -0.495 e. The van der Waals surface area contributed by atoms with Crippen LogP contribution in [-0.2, 0) is 10.0 Å². The van der Waals surface area contributed by atoms with Crippen molar-refractivity contribution in [1.29, 1.82) is 0 Å². The van der Waals surface area contributed by atoms with Crippen LogP contribution in [0.1, 0.15) is 12.0 Å². The predicted molar refractivity (Wildman–Crippen MR) is 72.7 cm³/mol. The Kier molecular flexibility index (Phi) is 3.98. The number of methoxy groups -OCH3 is 1. The molecule has 1 aromatic rings. The van der Waals surface area contributed by atoms with Crippen molar-refractivity contribution in [2.45, 2.75) is 6.42 Å². The summed E-state index contributed by atoms with van der Waals surface area (Å²) in [5.74, 6) is 5.95. The molecular weight excluding hydrogens is 266 g/mol. The summed E-state index contributed by atoms with van der Waals surface area (Å²) in [6.07, 6.45) is 0.609. The normalized spacial score (nSPS) is 16.8. The minimum atomic E-state index is -3.25. The van der Waals surface area contributed by atoms with Gasteiger partial charge in [0, 0.05) is 12.1 Å². The molecule has 0 spiro atoms. The zero-order valence-corrected chi connectivity index (χ0v) is 11.4. The molecule has 2 rings (SSSR count). The highest BCUT2D eigenvalue weighted by molar-refractivity contribution is 7.93. The third-order valence-corrected chi connectivity index (χ3v) is 4.71. The van der Waals surface area contributed by atoms with Crippen LogP contribution in [0.3, 0.4) is 0 Å². The first-order chi connectivity index (χ1) is 9.08. The number of sulfonamides is 1. The molecule has 0 radical (unpaired) electrons. The summed E-state index contributed by atoms with van der Waals surface area (Å²) in [6, 6.07) is 5.09. The van der Waals surface area contributed by atoms with Gasteiger partial charge in [0.15, 0.2) is 0 Å². The number of benzene rings is 1. The Hall–Kier alpha value is -1.71. The number of aliphatic hydroxyl groups excluding tert-OH is 1. The van der Waals surface area contributed by atoms with E-state index in [9.17, 15) is 8.42 Å². The van der Waals surface area contributed by atoms with Crippen molar-refractivity contribution >= 4 is 15.7 Å². The van der Waals surface area contributed by atoms with Gasteiger partial charge < -0.3 is 9.84 Å². The molecule has 19 heavy (non-hydrogen) atoms. The Morgan fingerprint density at radius 2 is 2.26 bits per heavy atom. The van der Waals surface area contributed by atoms with Crippen LogP contribution in [0.15, 0.2) is 18.2 Å². The molecule has 1 heterocycles. The lowest BCUT2D eigenvalue weighted by Crippen LogP contribution is -2.25. The second-order valence-corrected chi connectivity index (χ2v) is 6.10. The molecule has 1 N–H and O–H groups in total. The first-order valence-electron chi connectivity index (χ1n) is 5.86. The van der Waals surface area contributed by atoms with Gasteiger partial charge in [-0.1, -0.05) is 11.8 Å². The van der Waals surface area contributed by atoms with Crippen molar-refractivity contribution in [3.05, 3.63) is 23.8 Å². The number of rotatable bonds is 2. The Balaban J connectivity index is 2.47. The highest BCUT2D eigenvalue weighted by Gasteiger charge is 2.30. The van der Waals surface area contributed by atoms with Gasteiger partial charge >= 0.3 is 0 Å². The quantitative estimate of drug-likeness (QED) is 0.805. The van der Waals surface area contributed by atoms with E-state index in [2.05, 4.69) is 11.8 Å². The average Bonchev–Trinajstić information content (AvgIpc) is 2.75. The lowest BCUT2D eigenvalue weighted by atomic mass is 10.2. The average molecular weight is 281 g/mol. The van der Waals surface area contributed by atoms with Gasteiger partial charge in [-0.25, -0.2) is 8.42 Å². The summed E-state index contributed by atoms with van der Waals surface area (Å²) < 4.78 is 30.5. The van der Waals surface area contributed by atoms with E-state index < -0.39 is 10.0 Å². The monoisotopic (exact) mass is 281 g/mol. The molecule has 5 nitrogen and oxygen atoms in total. The molecule has 0 aromatic heterocycles. The smallest absolute Gasteiger partial charge is 0.235 e. The maximum atomic E-state index is 12.0. The highest BCUT2D eigenvalue weighted by Crippen LogP contribution is 2.33. The Morgan fingerprint density at radius 3 is 2.84 bits per heavy atom.